The molecule has 0 spiro atoms. The number of ether oxygens (including phenoxy) is 1. The number of pyridine rings is 1. The molecule has 0 saturated heterocycles. The average molecular weight is 263 g/mol. The maximum Gasteiger partial charge on any atom is 0.343 e. The standard InChI is InChI=1S/C13H13NO3S/c1-3-17-13(16)9-7-14-8(2)11(12(9)15)10-5-4-6-18-10/h4-7H,3H2,1-2H3,(H,14,15). The van der Waals surface area contributed by atoms with Crippen LogP contribution >= 0.6 is 11.3 Å². The molecule has 0 unspecified atom stereocenters. The Bertz CT molecular complexity index is 614. The average Bonchev–Trinajstić information content (AvgIpc) is 2.83. The number of aryl methyl sites for hydroxylation is 1. The van der Waals surface area contributed by atoms with Crippen molar-refractivity contribution in [2.75, 3.05) is 6.61 Å². The first-order chi connectivity index (χ1) is 8.65. The molecule has 0 aliphatic heterocycles. The van der Waals surface area contributed by atoms with Crippen LogP contribution in [0.5, 0.6) is 0 Å². The molecule has 0 saturated carbocycles. The summed E-state index contributed by atoms with van der Waals surface area (Å²) in [5, 5.41) is 1.89. The summed E-state index contributed by atoms with van der Waals surface area (Å²) >= 11 is 1.47. The van der Waals surface area contributed by atoms with Gasteiger partial charge in [-0.15, -0.1) is 11.3 Å². The van der Waals surface area contributed by atoms with Crippen LogP contribution in [-0.2, 0) is 4.74 Å². The Balaban J connectivity index is 2.58. The number of hydrogen-bond acceptors (Lipinski definition) is 4. The van der Waals surface area contributed by atoms with E-state index in [4.69, 9.17) is 4.74 Å². The molecule has 2 aromatic heterocycles. The second-order valence-corrected chi connectivity index (χ2v) is 4.68. The third-order valence-corrected chi connectivity index (χ3v) is 3.43. The van der Waals surface area contributed by atoms with Crippen LogP contribution in [0.4, 0.5) is 0 Å². The Kier molecular flexibility index (Phi) is 3.62. The molecule has 0 aliphatic carbocycles. The van der Waals surface area contributed by atoms with Crippen LogP contribution in [0.25, 0.3) is 10.4 Å². The summed E-state index contributed by atoms with van der Waals surface area (Å²) in [4.78, 5) is 27.7. The largest absolute Gasteiger partial charge is 0.462 e. The predicted molar refractivity (Wildman–Crippen MR) is 71.1 cm³/mol. The summed E-state index contributed by atoms with van der Waals surface area (Å²) in [7, 11) is 0. The molecule has 2 rings (SSSR count). The molecule has 18 heavy (non-hydrogen) atoms. The van der Waals surface area contributed by atoms with Crippen LogP contribution in [0.2, 0.25) is 0 Å². The smallest absolute Gasteiger partial charge is 0.343 e. The number of rotatable bonds is 3. The number of nitrogens with one attached hydrogen (secondary N) is 1. The van der Waals surface area contributed by atoms with Gasteiger partial charge < -0.3 is 9.72 Å². The highest BCUT2D eigenvalue weighted by atomic mass is 32.1. The van der Waals surface area contributed by atoms with E-state index in [-0.39, 0.29) is 17.6 Å². The predicted octanol–water partition coefficient (Wildman–Crippen LogP) is 2.59. The molecule has 0 atom stereocenters. The minimum absolute atomic E-state index is 0.0471. The summed E-state index contributed by atoms with van der Waals surface area (Å²) in [6, 6.07) is 3.73. The van der Waals surface area contributed by atoms with Crippen LogP contribution < -0.4 is 5.43 Å². The minimum Gasteiger partial charge on any atom is -0.462 e. The summed E-state index contributed by atoms with van der Waals surface area (Å²) in [5.41, 5.74) is 1.05. The maximum absolute atomic E-state index is 12.3. The van der Waals surface area contributed by atoms with Crippen molar-refractivity contribution in [2.45, 2.75) is 13.8 Å². The third kappa shape index (κ3) is 2.22. The van der Waals surface area contributed by atoms with Gasteiger partial charge >= 0.3 is 5.97 Å². The van der Waals surface area contributed by atoms with E-state index < -0.39 is 5.97 Å². The Morgan fingerprint density at radius 3 is 2.89 bits per heavy atom. The zero-order chi connectivity index (χ0) is 13.1. The van der Waals surface area contributed by atoms with Gasteiger partial charge in [-0.1, -0.05) is 6.07 Å². The first kappa shape index (κ1) is 12.6. The number of hydrogen-bond donors (Lipinski definition) is 1. The Labute approximate surface area is 108 Å². The van der Waals surface area contributed by atoms with Crippen LogP contribution in [0.15, 0.2) is 28.5 Å². The van der Waals surface area contributed by atoms with Crippen molar-refractivity contribution in [1.82, 2.24) is 4.98 Å². The first-order valence-electron chi connectivity index (χ1n) is 5.58. The Morgan fingerprint density at radius 1 is 1.50 bits per heavy atom. The molecule has 0 aromatic carbocycles. The quantitative estimate of drug-likeness (QED) is 0.866. The lowest BCUT2D eigenvalue weighted by Gasteiger charge is -2.06. The van der Waals surface area contributed by atoms with Gasteiger partial charge in [0.2, 0.25) is 5.43 Å². The number of esters is 1. The summed E-state index contributed by atoms with van der Waals surface area (Å²) < 4.78 is 4.87. The number of aromatic amines is 1. The molecule has 0 amide bonds. The highest BCUT2D eigenvalue weighted by Gasteiger charge is 2.17. The highest BCUT2D eigenvalue weighted by molar-refractivity contribution is 7.13. The van der Waals surface area contributed by atoms with Crippen molar-refractivity contribution in [1.29, 1.82) is 0 Å². The van der Waals surface area contributed by atoms with E-state index in [2.05, 4.69) is 4.98 Å². The van der Waals surface area contributed by atoms with Gasteiger partial charge in [-0.3, -0.25) is 4.79 Å². The molecule has 4 nitrogen and oxygen atoms in total. The molecule has 0 aliphatic rings. The molecule has 0 fully saturated rings. The van der Waals surface area contributed by atoms with E-state index in [1.165, 1.54) is 17.5 Å². The van der Waals surface area contributed by atoms with Gasteiger partial charge in [0.15, 0.2) is 0 Å². The molecule has 0 bridgehead atoms. The molecular weight excluding hydrogens is 250 g/mol. The van der Waals surface area contributed by atoms with Crippen molar-refractivity contribution >= 4 is 17.3 Å². The van der Waals surface area contributed by atoms with Crippen molar-refractivity contribution in [3.63, 3.8) is 0 Å². The Hall–Kier alpha value is -1.88. The van der Waals surface area contributed by atoms with Crippen LogP contribution in [0, 0.1) is 6.92 Å². The van der Waals surface area contributed by atoms with Gasteiger partial charge in [-0.05, 0) is 25.3 Å². The van der Waals surface area contributed by atoms with Gasteiger partial charge in [-0.25, -0.2) is 4.79 Å². The number of carbonyl (C=O) groups excluding carboxylic acids is 1. The monoisotopic (exact) mass is 263 g/mol. The van der Waals surface area contributed by atoms with Crippen molar-refractivity contribution in [3.05, 3.63) is 45.2 Å². The van der Waals surface area contributed by atoms with Gasteiger partial charge in [0, 0.05) is 16.8 Å². The van der Waals surface area contributed by atoms with Gasteiger partial charge in [0.05, 0.1) is 12.2 Å². The Morgan fingerprint density at radius 2 is 2.28 bits per heavy atom. The van der Waals surface area contributed by atoms with E-state index in [0.29, 0.717) is 5.56 Å². The van der Waals surface area contributed by atoms with E-state index in [9.17, 15) is 9.59 Å². The molecular formula is C13H13NO3S. The summed E-state index contributed by atoms with van der Waals surface area (Å²) in [5.74, 6) is -0.587. The zero-order valence-electron chi connectivity index (χ0n) is 10.1. The lowest BCUT2D eigenvalue weighted by atomic mass is 10.1. The first-order valence-corrected chi connectivity index (χ1v) is 6.46. The third-order valence-electron chi connectivity index (χ3n) is 2.54. The molecule has 2 aromatic rings. The molecule has 94 valence electrons. The number of H-pyrrole nitrogens is 1. The van der Waals surface area contributed by atoms with Crippen molar-refractivity contribution < 1.29 is 9.53 Å². The maximum atomic E-state index is 12.3. The fourth-order valence-electron chi connectivity index (χ4n) is 1.70. The lowest BCUT2D eigenvalue weighted by Crippen LogP contribution is -2.20. The number of thiophene rings is 1. The second kappa shape index (κ2) is 5.18. The fourth-order valence-corrected chi connectivity index (χ4v) is 2.53. The zero-order valence-corrected chi connectivity index (χ0v) is 11.0. The van der Waals surface area contributed by atoms with Crippen LogP contribution in [0.1, 0.15) is 23.0 Å². The molecule has 1 N–H and O–H groups in total. The SMILES string of the molecule is CCOC(=O)c1c[nH]c(C)c(-c2cccs2)c1=O. The summed E-state index contributed by atoms with van der Waals surface area (Å²) in [6.45, 7) is 3.77. The molecule has 2 heterocycles. The van der Waals surface area contributed by atoms with E-state index >= 15 is 0 Å². The topological polar surface area (TPSA) is 59.2 Å². The molecule has 5 heteroatoms. The van der Waals surface area contributed by atoms with Gasteiger partial charge in [0.25, 0.3) is 0 Å². The van der Waals surface area contributed by atoms with Crippen molar-refractivity contribution in [2.24, 2.45) is 0 Å². The van der Waals surface area contributed by atoms with Crippen LogP contribution in [0.3, 0.4) is 0 Å². The minimum atomic E-state index is -0.587. The van der Waals surface area contributed by atoms with Gasteiger partial charge in [-0.2, -0.15) is 0 Å². The second-order valence-electron chi connectivity index (χ2n) is 3.73. The fraction of sp³-hybridized carbons (Fsp3) is 0.231. The number of aromatic nitrogens is 1. The van der Waals surface area contributed by atoms with E-state index in [1.807, 2.05) is 24.4 Å². The lowest BCUT2D eigenvalue weighted by molar-refractivity contribution is 0.0524. The summed E-state index contributed by atoms with van der Waals surface area (Å²) in [6.07, 6.45) is 1.41. The highest BCUT2D eigenvalue weighted by Crippen LogP contribution is 2.23. The van der Waals surface area contributed by atoms with Crippen molar-refractivity contribution in [3.8, 4) is 10.4 Å². The van der Waals surface area contributed by atoms with Gasteiger partial charge in [0.1, 0.15) is 5.56 Å². The number of carbonyl (C=O) groups is 1. The van der Waals surface area contributed by atoms with E-state index in [0.717, 1.165) is 10.6 Å². The van der Waals surface area contributed by atoms with E-state index in [1.54, 1.807) is 6.92 Å². The molecule has 0 radical (unpaired) electrons. The normalized spacial score (nSPS) is 10.3. The van der Waals surface area contributed by atoms with Crippen LogP contribution in [-0.4, -0.2) is 17.6 Å².